The molecule has 1 aliphatic carbocycles. The van der Waals surface area contributed by atoms with Crippen LogP contribution in [0.3, 0.4) is 0 Å². The van der Waals surface area contributed by atoms with Crippen molar-refractivity contribution in [1.82, 2.24) is 10.3 Å². The second-order valence-corrected chi connectivity index (χ2v) is 10.5. The molecule has 15 heteroatoms. The van der Waals surface area contributed by atoms with Crippen molar-refractivity contribution in [1.29, 1.82) is 0 Å². The molecule has 1 N–H and O–H groups in total. The normalized spacial score (nSPS) is 22.2. The fraction of sp³-hybridized carbons (Fsp3) is 0.364. The molecule has 0 spiro atoms. The minimum Gasteiger partial charge on any atom is -0.350 e. The van der Waals surface area contributed by atoms with E-state index in [0.29, 0.717) is 6.07 Å². The number of aromatic nitrogens is 1. The number of amides is 1. The van der Waals surface area contributed by atoms with Crippen molar-refractivity contribution in [3.63, 3.8) is 0 Å². The van der Waals surface area contributed by atoms with E-state index < -0.39 is 74.9 Å². The molecule has 2 heterocycles. The molecule has 1 fully saturated rings. The molecule has 4 rings (SSSR count). The molecule has 3 atom stereocenters. The molecule has 2 aliphatic rings. The van der Waals surface area contributed by atoms with Gasteiger partial charge in [0, 0.05) is 11.8 Å². The minimum absolute atomic E-state index is 0.125. The van der Waals surface area contributed by atoms with E-state index in [1.807, 2.05) is 0 Å². The number of sulfone groups is 1. The quantitative estimate of drug-likeness (QED) is 0.433. The van der Waals surface area contributed by atoms with Crippen molar-refractivity contribution in [2.45, 2.75) is 41.5 Å². The first kappa shape index (κ1) is 26.7. The number of pyridine rings is 1. The van der Waals surface area contributed by atoms with E-state index in [4.69, 9.17) is 0 Å². The molecule has 198 valence electrons. The van der Waals surface area contributed by atoms with Crippen LogP contribution in [0.4, 0.5) is 30.7 Å². The minimum atomic E-state index is -4.97. The first-order valence-electron chi connectivity index (χ1n) is 10.7. The number of aliphatic imine (C=N–C) groups is 2. The molecule has 1 amide bonds. The zero-order valence-electron chi connectivity index (χ0n) is 18.5. The summed E-state index contributed by atoms with van der Waals surface area (Å²) in [4.78, 5) is 22.9. The average molecular weight is 550 g/mol. The largest absolute Gasteiger partial charge is 0.434 e. The van der Waals surface area contributed by atoms with Crippen molar-refractivity contribution in [3.8, 4) is 0 Å². The number of nitrogens with one attached hydrogen (secondary N) is 1. The summed E-state index contributed by atoms with van der Waals surface area (Å²) in [5.74, 6) is -2.50. The number of benzene rings is 1. The second kappa shape index (κ2) is 9.50. The van der Waals surface area contributed by atoms with Gasteiger partial charge in [-0.2, -0.15) is 26.3 Å². The first-order valence-corrected chi connectivity index (χ1v) is 12.2. The van der Waals surface area contributed by atoms with Crippen molar-refractivity contribution in [2.24, 2.45) is 15.9 Å². The third kappa shape index (κ3) is 5.50. The Bertz CT molecular complexity index is 1350. The molecule has 37 heavy (non-hydrogen) atoms. The van der Waals surface area contributed by atoms with Gasteiger partial charge in [0.2, 0.25) is 5.91 Å². The lowest BCUT2D eigenvalue weighted by atomic mass is 9.84. The van der Waals surface area contributed by atoms with Crippen LogP contribution in [0.5, 0.6) is 0 Å². The third-order valence-corrected chi connectivity index (χ3v) is 8.26. The summed E-state index contributed by atoms with van der Waals surface area (Å²) >= 11 is 0. The predicted octanol–water partition coefficient (Wildman–Crippen LogP) is 4.06. The molecule has 1 aliphatic heterocycles. The van der Waals surface area contributed by atoms with Gasteiger partial charge in [-0.15, -0.1) is 0 Å². The van der Waals surface area contributed by atoms with Gasteiger partial charge in [-0.1, -0.05) is 6.07 Å². The van der Waals surface area contributed by atoms with E-state index >= 15 is 0 Å². The van der Waals surface area contributed by atoms with Crippen molar-refractivity contribution < 1.29 is 43.9 Å². The molecule has 0 radical (unpaired) electrons. The Morgan fingerprint density at radius 3 is 2.14 bits per heavy atom. The van der Waals surface area contributed by atoms with Crippen LogP contribution in [0, 0.1) is 11.7 Å². The second-order valence-electron chi connectivity index (χ2n) is 8.34. The van der Waals surface area contributed by atoms with Gasteiger partial charge < -0.3 is 5.32 Å². The summed E-state index contributed by atoms with van der Waals surface area (Å²) in [6, 6.07) is 5.54. The first-order chi connectivity index (χ1) is 17.2. The van der Waals surface area contributed by atoms with Gasteiger partial charge in [0.05, 0.1) is 28.3 Å². The van der Waals surface area contributed by atoms with E-state index in [1.54, 1.807) is 0 Å². The summed E-state index contributed by atoms with van der Waals surface area (Å²) in [6.07, 6.45) is -10.2. The van der Waals surface area contributed by atoms with Crippen LogP contribution in [-0.2, 0) is 20.8 Å². The van der Waals surface area contributed by atoms with Gasteiger partial charge in [0.15, 0.2) is 21.7 Å². The summed E-state index contributed by atoms with van der Waals surface area (Å²) in [6.45, 7) is -0.735. The Morgan fingerprint density at radius 1 is 0.946 bits per heavy atom. The highest BCUT2D eigenvalue weighted by molar-refractivity contribution is 7.92. The number of hydrogen-bond acceptors (Lipinski definition) is 6. The Morgan fingerprint density at radius 2 is 1.62 bits per heavy atom. The smallest absolute Gasteiger partial charge is 0.350 e. The summed E-state index contributed by atoms with van der Waals surface area (Å²) < 4.78 is 117. The predicted molar refractivity (Wildman–Crippen MR) is 116 cm³/mol. The number of nitrogens with zero attached hydrogens (tertiary/aromatic N) is 3. The van der Waals surface area contributed by atoms with Crippen LogP contribution >= 0.6 is 0 Å². The SMILES string of the molecule is O=C(NCC1=NC(c2ccc(C(F)(F)F)nc2)N=C1C(F)(F)F)[C@@H]1CC[C@@H]1S(=O)(=O)c1ccc(F)cc1. The summed E-state index contributed by atoms with van der Waals surface area (Å²) in [7, 11) is -3.99. The number of alkyl halides is 6. The Kier molecular flexibility index (Phi) is 6.86. The van der Waals surface area contributed by atoms with Gasteiger partial charge in [-0.05, 0) is 43.2 Å². The fourth-order valence-corrected chi connectivity index (χ4v) is 5.92. The number of rotatable bonds is 6. The van der Waals surface area contributed by atoms with E-state index in [1.165, 1.54) is 0 Å². The van der Waals surface area contributed by atoms with Gasteiger partial charge in [-0.25, -0.2) is 17.8 Å². The standard InChI is InChI=1S/C22H17F7N4O3S/c23-12-2-4-13(5-3-12)37(35,36)16-7-6-14(16)20(34)31-10-15-18(22(27,28)29)33-19(32-15)11-1-8-17(30-9-11)21(24,25)26/h1-5,8-9,14,16,19H,6-7,10H2,(H,31,34)/t14-,16+,19?/m1/s1. The lowest BCUT2D eigenvalue weighted by Gasteiger charge is -2.34. The monoisotopic (exact) mass is 550 g/mol. The molecule has 0 bridgehead atoms. The van der Waals surface area contributed by atoms with Crippen molar-refractivity contribution in [2.75, 3.05) is 6.54 Å². The topological polar surface area (TPSA) is 101 Å². The van der Waals surface area contributed by atoms with Crippen LogP contribution in [0.1, 0.15) is 30.3 Å². The molecule has 1 aromatic heterocycles. The summed E-state index contributed by atoms with van der Waals surface area (Å²) in [5.41, 5.74) is -3.44. The average Bonchev–Trinajstić information content (AvgIpc) is 3.21. The zero-order chi connectivity index (χ0) is 27.2. The summed E-state index contributed by atoms with van der Waals surface area (Å²) in [5, 5.41) is 1.12. The Hall–Kier alpha value is -3.36. The highest BCUT2D eigenvalue weighted by Gasteiger charge is 2.47. The van der Waals surface area contributed by atoms with Gasteiger partial charge in [0.25, 0.3) is 0 Å². The van der Waals surface area contributed by atoms with E-state index in [9.17, 15) is 43.9 Å². The molecule has 2 aromatic rings. The number of halogens is 7. The maximum Gasteiger partial charge on any atom is 0.434 e. The van der Waals surface area contributed by atoms with Crippen molar-refractivity contribution in [3.05, 3.63) is 59.7 Å². The van der Waals surface area contributed by atoms with Crippen LogP contribution in [0.15, 0.2) is 57.5 Å². The number of hydrogen-bond donors (Lipinski definition) is 1. The lowest BCUT2D eigenvalue weighted by Crippen LogP contribution is -2.49. The molecule has 1 unspecified atom stereocenters. The van der Waals surface area contributed by atoms with E-state index in [0.717, 1.165) is 36.5 Å². The molecule has 7 nitrogen and oxygen atoms in total. The highest BCUT2D eigenvalue weighted by atomic mass is 32.2. The third-order valence-electron chi connectivity index (χ3n) is 5.96. The van der Waals surface area contributed by atoms with Crippen LogP contribution in [-0.4, -0.2) is 48.7 Å². The molecular formula is C22H17F7N4O3S. The molecule has 0 saturated heterocycles. The molecule has 1 saturated carbocycles. The van der Waals surface area contributed by atoms with Crippen LogP contribution in [0.25, 0.3) is 0 Å². The Balaban J connectivity index is 1.47. The van der Waals surface area contributed by atoms with Gasteiger partial charge in [0.1, 0.15) is 11.5 Å². The van der Waals surface area contributed by atoms with Crippen molar-refractivity contribution >= 4 is 27.2 Å². The fourth-order valence-electron chi connectivity index (χ4n) is 3.92. The van der Waals surface area contributed by atoms with E-state index in [2.05, 4.69) is 20.3 Å². The highest BCUT2D eigenvalue weighted by Crippen LogP contribution is 2.37. The number of carbonyl (C=O) groups is 1. The van der Waals surface area contributed by atoms with Crippen LogP contribution in [0.2, 0.25) is 0 Å². The molecule has 1 aromatic carbocycles. The number of carbonyl (C=O) groups excluding carboxylic acids is 1. The Labute approximate surface area is 205 Å². The van der Waals surface area contributed by atoms with E-state index in [-0.39, 0.29) is 23.3 Å². The van der Waals surface area contributed by atoms with Crippen LogP contribution < -0.4 is 5.32 Å². The van der Waals surface area contributed by atoms with Gasteiger partial charge in [-0.3, -0.25) is 14.8 Å². The molecular weight excluding hydrogens is 533 g/mol. The zero-order valence-corrected chi connectivity index (χ0v) is 19.3. The lowest BCUT2D eigenvalue weighted by molar-refractivity contribution is -0.141. The maximum atomic E-state index is 13.5. The maximum absolute atomic E-state index is 13.5. The van der Waals surface area contributed by atoms with Gasteiger partial charge >= 0.3 is 12.4 Å².